The van der Waals surface area contributed by atoms with Crippen LogP contribution in [0.4, 0.5) is 0 Å². The van der Waals surface area contributed by atoms with Gasteiger partial charge in [-0.3, -0.25) is 0 Å². The minimum Gasteiger partial charge on any atom is -0.323 e. The van der Waals surface area contributed by atoms with Crippen molar-refractivity contribution in [2.24, 2.45) is 22.8 Å². The number of fused-ring (bicyclic) bond motifs is 2. The van der Waals surface area contributed by atoms with Gasteiger partial charge in [-0.25, -0.2) is 0 Å². The lowest BCUT2D eigenvalue weighted by atomic mass is 9.71. The van der Waals surface area contributed by atoms with Crippen molar-refractivity contribution in [3.63, 3.8) is 0 Å². The van der Waals surface area contributed by atoms with E-state index in [1.807, 2.05) is 0 Å². The monoisotopic (exact) mass is 152 g/mol. The van der Waals surface area contributed by atoms with Crippen LogP contribution in [-0.4, -0.2) is 5.71 Å². The predicted octanol–water partition coefficient (Wildman–Crippen LogP) is 1.90. The number of hydrogen-bond donors (Lipinski definition) is 1. The van der Waals surface area contributed by atoms with Crippen LogP contribution >= 0.6 is 0 Å². The lowest BCUT2D eigenvalue weighted by molar-refractivity contribution is 0.347. The first-order valence-electron chi connectivity index (χ1n) is 4.69. The Morgan fingerprint density at radius 3 is 1.73 bits per heavy atom. The SMILES string of the molecule is NN=C1C2CCCC1CCC2. The van der Waals surface area contributed by atoms with Gasteiger partial charge in [-0.1, -0.05) is 12.8 Å². The summed E-state index contributed by atoms with van der Waals surface area (Å²) in [6.45, 7) is 0. The first-order chi connectivity index (χ1) is 5.42. The van der Waals surface area contributed by atoms with Crippen molar-refractivity contribution < 1.29 is 0 Å². The van der Waals surface area contributed by atoms with Crippen LogP contribution in [0.1, 0.15) is 38.5 Å². The van der Waals surface area contributed by atoms with Gasteiger partial charge in [0, 0.05) is 5.71 Å². The Bertz CT molecular complexity index is 150. The molecule has 0 aromatic rings. The molecule has 0 aromatic heterocycles. The van der Waals surface area contributed by atoms with Gasteiger partial charge in [0.1, 0.15) is 0 Å². The molecule has 0 aromatic carbocycles. The average molecular weight is 152 g/mol. The Morgan fingerprint density at radius 1 is 1.00 bits per heavy atom. The zero-order valence-electron chi connectivity index (χ0n) is 6.92. The standard InChI is InChI=1S/C9H16N2/c10-11-9-7-3-1-4-8(9)6-2-5-7/h7-8H,1-6,10H2. The second-order valence-corrected chi connectivity index (χ2v) is 3.81. The molecule has 2 N–H and O–H groups in total. The van der Waals surface area contributed by atoms with Crippen LogP contribution in [0.25, 0.3) is 0 Å². The zero-order chi connectivity index (χ0) is 7.68. The summed E-state index contributed by atoms with van der Waals surface area (Å²) in [4.78, 5) is 0. The number of nitrogens with zero attached hydrogens (tertiary/aromatic N) is 1. The van der Waals surface area contributed by atoms with E-state index in [0.29, 0.717) is 0 Å². The number of nitrogens with two attached hydrogens (primary N) is 1. The van der Waals surface area contributed by atoms with Crippen LogP contribution in [0, 0.1) is 11.8 Å². The molecule has 0 radical (unpaired) electrons. The van der Waals surface area contributed by atoms with E-state index < -0.39 is 0 Å². The second kappa shape index (κ2) is 2.84. The lowest BCUT2D eigenvalue weighted by Crippen LogP contribution is -2.33. The molecule has 0 heterocycles. The smallest absolute Gasteiger partial charge is 0.0437 e. The summed E-state index contributed by atoms with van der Waals surface area (Å²) in [5, 5.41) is 3.95. The number of hydrogen-bond acceptors (Lipinski definition) is 2. The van der Waals surface area contributed by atoms with Gasteiger partial charge in [0.25, 0.3) is 0 Å². The van der Waals surface area contributed by atoms with Gasteiger partial charge in [0.05, 0.1) is 0 Å². The molecule has 0 saturated heterocycles. The minimum atomic E-state index is 0.757. The fourth-order valence-electron chi connectivity index (χ4n) is 2.65. The molecule has 62 valence electrons. The molecule has 2 fully saturated rings. The van der Waals surface area contributed by atoms with Gasteiger partial charge < -0.3 is 5.84 Å². The molecule has 0 aliphatic heterocycles. The lowest BCUT2D eigenvalue weighted by Gasteiger charge is -2.35. The molecule has 2 nitrogen and oxygen atoms in total. The third-order valence-corrected chi connectivity index (χ3v) is 3.20. The average Bonchev–Trinajstić information content (AvgIpc) is 2.03. The van der Waals surface area contributed by atoms with E-state index in [0.717, 1.165) is 11.8 Å². The predicted molar refractivity (Wildman–Crippen MR) is 46.3 cm³/mol. The van der Waals surface area contributed by atoms with E-state index in [1.54, 1.807) is 0 Å². The molecule has 2 bridgehead atoms. The molecule has 0 unspecified atom stereocenters. The Kier molecular flexibility index (Phi) is 1.84. The van der Waals surface area contributed by atoms with E-state index in [1.165, 1.54) is 44.2 Å². The maximum atomic E-state index is 5.38. The van der Waals surface area contributed by atoms with Crippen LogP contribution in [0.3, 0.4) is 0 Å². The highest BCUT2D eigenvalue weighted by Crippen LogP contribution is 2.37. The van der Waals surface area contributed by atoms with Gasteiger partial charge in [-0.15, -0.1) is 0 Å². The van der Waals surface area contributed by atoms with Crippen molar-refractivity contribution in [2.75, 3.05) is 0 Å². The van der Waals surface area contributed by atoms with Crippen molar-refractivity contribution >= 4 is 5.71 Å². The van der Waals surface area contributed by atoms with Crippen LogP contribution in [0.15, 0.2) is 5.10 Å². The first kappa shape index (κ1) is 7.14. The van der Waals surface area contributed by atoms with Crippen molar-refractivity contribution in [3.8, 4) is 0 Å². The van der Waals surface area contributed by atoms with Crippen molar-refractivity contribution in [2.45, 2.75) is 38.5 Å². The Labute approximate surface area is 67.9 Å². The molecule has 2 saturated carbocycles. The van der Waals surface area contributed by atoms with Crippen molar-refractivity contribution in [1.29, 1.82) is 0 Å². The largest absolute Gasteiger partial charge is 0.323 e. The third-order valence-electron chi connectivity index (χ3n) is 3.20. The van der Waals surface area contributed by atoms with Crippen LogP contribution in [0.2, 0.25) is 0 Å². The van der Waals surface area contributed by atoms with Crippen molar-refractivity contribution in [3.05, 3.63) is 0 Å². The maximum absolute atomic E-state index is 5.38. The fourth-order valence-corrected chi connectivity index (χ4v) is 2.65. The van der Waals surface area contributed by atoms with E-state index in [2.05, 4.69) is 5.10 Å². The Morgan fingerprint density at radius 2 is 1.45 bits per heavy atom. The third kappa shape index (κ3) is 1.15. The van der Waals surface area contributed by atoms with Gasteiger partial charge in [0.2, 0.25) is 0 Å². The summed E-state index contributed by atoms with van der Waals surface area (Å²) >= 11 is 0. The van der Waals surface area contributed by atoms with Crippen molar-refractivity contribution in [1.82, 2.24) is 0 Å². The molecule has 2 aliphatic carbocycles. The Hall–Kier alpha value is -0.530. The highest BCUT2D eigenvalue weighted by molar-refractivity contribution is 5.89. The summed E-state index contributed by atoms with van der Waals surface area (Å²) in [6, 6.07) is 0. The summed E-state index contributed by atoms with van der Waals surface area (Å²) in [5.41, 5.74) is 1.34. The van der Waals surface area contributed by atoms with Gasteiger partial charge in [0.15, 0.2) is 0 Å². The fraction of sp³-hybridized carbons (Fsp3) is 0.889. The summed E-state index contributed by atoms with van der Waals surface area (Å²) in [5.74, 6) is 6.90. The molecule has 0 atom stereocenters. The molecule has 11 heavy (non-hydrogen) atoms. The quantitative estimate of drug-likeness (QED) is 0.418. The molecular formula is C9H16N2. The number of hydrazone groups is 1. The number of rotatable bonds is 0. The van der Waals surface area contributed by atoms with Gasteiger partial charge in [-0.2, -0.15) is 5.10 Å². The zero-order valence-corrected chi connectivity index (χ0v) is 6.92. The van der Waals surface area contributed by atoms with E-state index in [9.17, 15) is 0 Å². The first-order valence-corrected chi connectivity index (χ1v) is 4.69. The van der Waals surface area contributed by atoms with Crippen LogP contribution < -0.4 is 5.84 Å². The van der Waals surface area contributed by atoms with Gasteiger partial charge in [-0.05, 0) is 37.5 Å². The maximum Gasteiger partial charge on any atom is 0.0437 e. The molecule has 2 aliphatic rings. The van der Waals surface area contributed by atoms with E-state index >= 15 is 0 Å². The van der Waals surface area contributed by atoms with Crippen LogP contribution in [0.5, 0.6) is 0 Å². The summed E-state index contributed by atoms with van der Waals surface area (Å²) in [7, 11) is 0. The molecule has 2 rings (SSSR count). The molecular weight excluding hydrogens is 136 g/mol. The Balaban J connectivity index is 2.17. The van der Waals surface area contributed by atoms with E-state index in [4.69, 9.17) is 5.84 Å². The van der Waals surface area contributed by atoms with Gasteiger partial charge >= 0.3 is 0 Å². The second-order valence-electron chi connectivity index (χ2n) is 3.81. The highest BCUT2D eigenvalue weighted by atomic mass is 15.1. The van der Waals surface area contributed by atoms with E-state index in [-0.39, 0.29) is 0 Å². The molecule has 0 amide bonds. The molecule has 2 heteroatoms. The normalized spacial score (nSPS) is 36.9. The summed E-state index contributed by atoms with van der Waals surface area (Å²) in [6.07, 6.45) is 8.15. The minimum absolute atomic E-state index is 0.757. The summed E-state index contributed by atoms with van der Waals surface area (Å²) < 4.78 is 0. The van der Waals surface area contributed by atoms with Crippen LogP contribution in [-0.2, 0) is 0 Å². The highest BCUT2D eigenvalue weighted by Gasteiger charge is 2.32. The molecule has 0 spiro atoms. The topological polar surface area (TPSA) is 38.4 Å².